The first-order valence-electron chi connectivity index (χ1n) is 5.92. The summed E-state index contributed by atoms with van der Waals surface area (Å²) in [6.45, 7) is 1.51. The van der Waals surface area contributed by atoms with E-state index in [1.165, 1.54) is 4.88 Å². The fourth-order valence-electron chi connectivity index (χ4n) is 1.74. The molecule has 0 amide bonds. The second-order valence-electron chi connectivity index (χ2n) is 4.14. The molecule has 5 heteroatoms. The Kier molecular flexibility index (Phi) is 4.96. The van der Waals surface area contributed by atoms with Crippen molar-refractivity contribution in [2.45, 2.75) is 13.0 Å². The molecule has 2 N–H and O–H groups in total. The van der Waals surface area contributed by atoms with Gasteiger partial charge in [0.15, 0.2) is 0 Å². The zero-order chi connectivity index (χ0) is 13.7. The van der Waals surface area contributed by atoms with E-state index in [1.54, 1.807) is 29.5 Å². The standard InChI is InChI=1S/C14H14ClNO2S/c15-13-5-4-12(19-13)6-7-16-9-10-2-1-3-11(8-10)14(17)18/h1-5,8,16H,6-7,9H2,(H,17,18). The molecule has 0 radical (unpaired) electrons. The number of carboxylic acids is 1. The van der Waals surface area contributed by atoms with Gasteiger partial charge in [-0.1, -0.05) is 23.7 Å². The second kappa shape index (κ2) is 6.70. The number of nitrogens with one attached hydrogen (secondary N) is 1. The maximum atomic E-state index is 10.8. The van der Waals surface area contributed by atoms with Crippen LogP contribution in [0.15, 0.2) is 36.4 Å². The number of thiophene rings is 1. The molecular formula is C14H14ClNO2S. The van der Waals surface area contributed by atoms with Gasteiger partial charge < -0.3 is 10.4 Å². The molecule has 1 aromatic heterocycles. The van der Waals surface area contributed by atoms with Crippen LogP contribution >= 0.6 is 22.9 Å². The zero-order valence-corrected chi connectivity index (χ0v) is 11.8. The molecule has 2 aromatic rings. The summed E-state index contributed by atoms with van der Waals surface area (Å²) in [4.78, 5) is 12.1. The predicted octanol–water partition coefficient (Wildman–Crippen LogP) is 3.43. The Balaban J connectivity index is 1.79. The first-order valence-corrected chi connectivity index (χ1v) is 7.12. The van der Waals surface area contributed by atoms with Gasteiger partial charge in [-0.3, -0.25) is 0 Å². The van der Waals surface area contributed by atoms with Gasteiger partial charge in [0, 0.05) is 18.0 Å². The molecule has 0 saturated carbocycles. The van der Waals surface area contributed by atoms with Gasteiger partial charge >= 0.3 is 5.97 Å². The highest BCUT2D eigenvalue weighted by atomic mass is 35.5. The molecular weight excluding hydrogens is 282 g/mol. The van der Waals surface area contributed by atoms with Crippen molar-refractivity contribution in [3.05, 3.63) is 56.7 Å². The minimum atomic E-state index is -0.893. The number of benzene rings is 1. The van der Waals surface area contributed by atoms with Gasteiger partial charge in [0.2, 0.25) is 0 Å². The van der Waals surface area contributed by atoms with Crippen LogP contribution in [0.3, 0.4) is 0 Å². The number of aromatic carboxylic acids is 1. The predicted molar refractivity (Wildman–Crippen MR) is 78.1 cm³/mol. The molecule has 0 aliphatic rings. The Morgan fingerprint density at radius 3 is 2.84 bits per heavy atom. The van der Waals surface area contributed by atoms with Crippen molar-refractivity contribution >= 4 is 28.9 Å². The molecule has 1 heterocycles. The van der Waals surface area contributed by atoms with Crippen molar-refractivity contribution in [1.82, 2.24) is 5.32 Å². The van der Waals surface area contributed by atoms with Crippen LogP contribution in [-0.2, 0) is 13.0 Å². The molecule has 0 saturated heterocycles. The lowest BCUT2D eigenvalue weighted by Crippen LogP contribution is -2.16. The first kappa shape index (κ1) is 14.1. The number of hydrogen-bond acceptors (Lipinski definition) is 3. The lowest BCUT2D eigenvalue weighted by Gasteiger charge is -2.05. The fraction of sp³-hybridized carbons (Fsp3) is 0.214. The molecule has 1 aromatic carbocycles. The van der Waals surface area contributed by atoms with Crippen LogP contribution in [0.1, 0.15) is 20.8 Å². The zero-order valence-electron chi connectivity index (χ0n) is 10.2. The SMILES string of the molecule is O=C(O)c1cccc(CNCCc2ccc(Cl)s2)c1. The smallest absolute Gasteiger partial charge is 0.335 e. The average Bonchev–Trinajstić information content (AvgIpc) is 2.81. The summed E-state index contributed by atoms with van der Waals surface area (Å²) in [5, 5.41) is 12.2. The van der Waals surface area contributed by atoms with Crippen molar-refractivity contribution in [3.63, 3.8) is 0 Å². The Hall–Kier alpha value is -1.36. The largest absolute Gasteiger partial charge is 0.478 e. The third-order valence-electron chi connectivity index (χ3n) is 2.68. The molecule has 3 nitrogen and oxygen atoms in total. The van der Waals surface area contributed by atoms with Gasteiger partial charge in [-0.15, -0.1) is 11.3 Å². The summed E-state index contributed by atoms with van der Waals surface area (Å²) in [5.41, 5.74) is 1.30. The van der Waals surface area contributed by atoms with E-state index in [-0.39, 0.29) is 0 Å². The minimum Gasteiger partial charge on any atom is -0.478 e. The quantitative estimate of drug-likeness (QED) is 0.803. The highest BCUT2D eigenvalue weighted by Crippen LogP contribution is 2.21. The van der Waals surface area contributed by atoms with Crippen molar-refractivity contribution in [2.75, 3.05) is 6.54 Å². The Morgan fingerprint density at radius 1 is 1.32 bits per heavy atom. The molecule has 0 spiro atoms. The van der Waals surface area contributed by atoms with Crippen LogP contribution < -0.4 is 5.32 Å². The molecule has 0 bridgehead atoms. The topological polar surface area (TPSA) is 49.3 Å². The summed E-state index contributed by atoms with van der Waals surface area (Å²) < 4.78 is 0.809. The van der Waals surface area contributed by atoms with E-state index >= 15 is 0 Å². The van der Waals surface area contributed by atoms with E-state index in [2.05, 4.69) is 5.32 Å². The summed E-state index contributed by atoms with van der Waals surface area (Å²) in [7, 11) is 0. The third kappa shape index (κ3) is 4.35. The lowest BCUT2D eigenvalue weighted by molar-refractivity contribution is 0.0696. The fourth-order valence-corrected chi connectivity index (χ4v) is 2.83. The van der Waals surface area contributed by atoms with Crippen LogP contribution in [0.4, 0.5) is 0 Å². The molecule has 2 rings (SSSR count). The van der Waals surface area contributed by atoms with E-state index in [1.807, 2.05) is 18.2 Å². The Labute approximate surface area is 120 Å². The molecule has 0 atom stereocenters. The second-order valence-corrected chi connectivity index (χ2v) is 5.94. The number of carbonyl (C=O) groups is 1. The summed E-state index contributed by atoms with van der Waals surface area (Å²) >= 11 is 7.45. The summed E-state index contributed by atoms with van der Waals surface area (Å²) in [5.74, 6) is -0.893. The first-order chi connectivity index (χ1) is 9.15. The normalized spacial score (nSPS) is 10.6. The molecule has 100 valence electrons. The van der Waals surface area contributed by atoms with Crippen LogP contribution in [0.2, 0.25) is 4.34 Å². The maximum absolute atomic E-state index is 10.8. The minimum absolute atomic E-state index is 0.323. The monoisotopic (exact) mass is 295 g/mol. The van der Waals surface area contributed by atoms with Crippen molar-refractivity contribution < 1.29 is 9.90 Å². The van der Waals surface area contributed by atoms with Gasteiger partial charge in [0.1, 0.15) is 0 Å². The average molecular weight is 296 g/mol. The van der Waals surface area contributed by atoms with E-state index in [0.29, 0.717) is 12.1 Å². The molecule has 0 fully saturated rings. The van der Waals surface area contributed by atoms with Gasteiger partial charge in [0.25, 0.3) is 0 Å². The highest BCUT2D eigenvalue weighted by molar-refractivity contribution is 7.16. The molecule has 19 heavy (non-hydrogen) atoms. The third-order valence-corrected chi connectivity index (χ3v) is 3.97. The van der Waals surface area contributed by atoms with Crippen molar-refractivity contribution in [2.24, 2.45) is 0 Å². The molecule has 0 aliphatic heterocycles. The van der Waals surface area contributed by atoms with Crippen molar-refractivity contribution in [1.29, 1.82) is 0 Å². The van der Waals surface area contributed by atoms with Crippen LogP contribution in [-0.4, -0.2) is 17.6 Å². The number of halogens is 1. The van der Waals surface area contributed by atoms with E-state index in [4.69, 9.17) is 16.7 Å². The highest BCUT2D eigenvalue weighted by Gasteiger charge is 2.03. The van der Waals surface area contributed by atoms with E-state index in [0.717, 1.165) is 22.9 Å². The number of carboxylic acid groups (broad SMARTS) is 1. The summed E-state index contributed by atoms with van der Waals surface area (Å²) in [6, 6.07) is 10.9. The van der Waals surface area contributed by atoms with Crippen LogP contribution in [0.5, 0.6) is 0 Å². The Morgan fingerprint density at radius 2 is 2.16 bits per heavy atom. The van der Waals surface area contributed by atoms with Crippen LogP contribution in [0, 0.1) is 0 Å². The van der Waals surface area contributed by atoms with E-state index < -0.39 is 5.97 Å². The lowest BCUT2D eigenvalue weighted by atomic mass is 10.1. The Bertz CT molecular complexity index is 568. The molecule has 0 aliphatic carbocycles. The van der Waals surface area contributed by atoms with Gasteiger partial charge in [-0.25, -0.2) is 4.79 Å². The summed E-state index contributed by atoms with van der Waals surface area (Å²) in [6.07, 6.45) is 0.927. The van der Waals surface area contributed by atoms with Gasteiger partial charge in [-0.05, 0) is 36.2 Å². The van der Waals surface area contributed by atoms with Crippen LogP contribution in [0.25, 0.3) is 0 Å². The van der Waals surface area contributed by atoms with Gasteiger partial charge in [0.05, 0.1) is 9.90 Å². The van der Waals surface area contributed by atoms with Crippen molar-refractivity contribution in [3.8, 4) is 0 Å². The number of hydrogen-bond donors (Lipinski definition) is 2. The maximum Gasteiger partial charge on any atom is 0.335 e. The number of rotatable bonds is 6. The molecule has 0 unspecified atom stereocenters. The van der Waals surface area contributed by atoms with E-state index in [9.17, 15) is 4.79 Å². The van der Waals surface area contributed by atoms with Gasteiger partial charge in [-0.2, -0.15) is 0 Å².